The van der Waals surface area contributed by atoms with Crippen molar-refractivity contribution in [1.29, 1.82) is 5.26 Å². The summed E-state index contributed by atoms with van der Waals surface area (Å²) in [6, 6.07) is 5.43. The molecule has 1 rings (SSSR count). The quantitative estimate of drug-likeness (QED) is 0.842. The van der Waals surface area contributed by atoms with Crippen LogP contribution in [0.1, 0.15) is 12.0 Å². The Balaban J connectivity index is 2.74. The summed E-state index contributed by atoms with van der Waals surface area (Å²) in [6.07, 6.45) is 0.193. The molecule has 1 aromatic carbocycles. The first-order chi connectivity index (χ1) is 7.67. The number of methoxy groups -OCH3 is 1. The van der Waals surface area contributed by atoms with Crippen molar-refractivity contribution >= 4 is 11.6 Å². The number of carbonyl (C=O) groups excluding carboxylic acids is 1. The molecule has 0 aliphatic carbocycles. The molecule has 0 saturated carbocycles. The molecule has 0 atom stereocenters. The highest BCUT2D eigenvalue weighted by Gasteiger charge is 2.07. The van der Waals surface area contributed by atoms with Crippen molar-refractivity contribution in [3.05, 3.63) is 29.6 Å². The van der Waals surface area contributed by atoms with E-state index < -0.39 is 5.82 Å². The average Bonchev–Trinajstić information content (AvgIpc) is 2.28. The topological polar surface area (TPSA) is 62.1 Å². The third kappa shape index (κ3) is 3.33. The van der Waals surface area contributed by atoms with E-state index in [9.17, 15) is 9.18 Å². The van der Waals surface area contributed by atoms with Crippen LogP contribution >= 0.6 is 0 Å². The Morgan fingerprint density at radius 1 is 1.62 bits per heavy atom. The number of carbonyl (C=O) groups is 1. The molecule has 1 aromatic rings. The summed E-state index contributed by atoms with van der Waals surface area (Å²) < 4.78 is 17.5. The summed E-state index contributed by atoms with van der Waals surface area (Å²) in [7, 11) is 1.49. The molecule has 84 valence electrons. The predicted molar refractivity (Wildman–Crippen MR) is 56.2 cm³/mol. The number of amides is 1. The Labute approximate surface area is 92.6 Å². The van der Waals surface area contributed by atoms with Crippen molar-refractivity contribution in [2.45, 2.75) is 6.42 Å². The summed E-state index contributed by atoms with van der Waals surface area (Å²) in [6.45, 7) is 0.301. The lowest BCUT2D eigenvalue weighted by molar-refractivity contribution is -0.117. The van der Waals surface area contributed by atoms with Gasteiger partial charge in [-0.3, -0.25) is 4.79 Å². The highest BCUT2D eigenvalue weighted by Crippen LogP contribution is 2.15. The second-order valence-corrected chi connectivity index (χ2v) is 3.09. The minimum absolute atomic E-state index is 0.103. The van der Waals surface area contributed by atoms with Crippen LogP contribution in [0.2, 0.25) is 0 Å². The van der Waals surface area contributed by atoms with E-state index in [4.69, 9.17) is 10.00 Å². The summed E-state index contributed by atoms with van der Waals surface area (Å²) in [5, 5.41) is 11.3. The maximum absolute atomic E-state index is 12.8. The number of nitriles is 1. The molecule has 5 heteroatoms. The smallest absolute Gasteiger partial charge is 0.226 e. The normalized spacial score (nSPS) is 9.56. The Morgan fingerprint density at radius 2 is 2.38 bits per heavy atom. The minimum atomic E-state index is -0.508. The zero-order chi connectivity index (χ0) is 12.0. The van der Waals surface area contributed by atoms with Crippen LogP contribution < -0.4 is 5.32 Å². The molecule has 0 unspecified atom stereocenters. The molecular formula is C11H11FN2O2. The van der Waals surface area contributed by atoms with Crippen LogP contribution in [0.25, 0.3) is 0 Å². The van der Waals surface area contributed by atoms with Crippen molar-refractivity contribution in [2.75, 3.05) is 19.0 Å². The van der Waals surface area contributed by atoms with Gasteiger partial charge in [-0.25, -0.2) is 4.39 Å². The zero-order valence-corrected chi connectivity index (χ0v) is 8.79. The number of anilines is 1. The van der Waals surface area contributed by atoms with Gasteiger partial charge in [0.05, 0.1) is 24.3 Å². The van der Waals surface area contributed by atoms with Gasteiger partial charge in [-0.05, 0) is 18.2 Å². The second kappa shape index (κ2) is 5.83. The van der Waals surface area contributed by atoms with E-state index in [0.717, 1.165) is 6.07 Å². The molecule has 0 bridgehead atoms. The van der Waals surface area contributed by atoms with E-state index in [1.807, 2.05) is 6.07 Å². The van der Waals surface area contributed by atoms with Crippen molar-refractivity contribution in [3.63, 3.8) is 0 Å². The van der Waals surface area contributed by atoms with Gasteiger partial charge in [0.1, 0.15) is 11.9 Å². The van der Waals surface area contributed by atoms with Gasteiger partial charge in [-0.1, -0.05) is 0 Å². The Kier molecular flexibility index (Phi) is 4.42. The molecule has 0 aromatic heterocycles. The summed E-state index contributed by atoms with van der Waals surface area (Å²) in [4.78, 5) is 11.3. The molecule has 0 fully saturated rings. The fourth-order valence-corrected chi connectivity index (χ4v) is 1.13. The van der Waals surface area contributed by atoms with Gasteiger partial charge >= 0.3 is 0 Å². The number of hydrogen-bond donors (Lipinski definition) is 1. The molecule has 16 heavy (non-hydrogen) atoms. The molecule has 0 radical (unpaired) electrons. The molecule has 0 aliphatic rings. The zero-order valence-electron chi connectivity index (χ0n) is 8.79. The third-order valence-corrected chi connectivity index (χ3v) is 1.91. The van der Waals surface area contributed by atoms with Crippen LogP contribution in [0.3, 0.4) is 0 Å². The monoisotopic (exact) mass is 222 g/mol. The van der Waals surface area contributed by atoms with Gasteiger partial charge < -0.3 is 10.1 Å². The highest BCUT2D eigenvalue weighted by molar-refractivity contribution is 5.92. The summed E-state index contributed by atoms with van der Waals surface area (Å²) in [5.74, 6) is -0.781. The van der Waals surface area contributed by atoms with E-state index in [2.05, 4.69) is 5.32 Å². The molecule has 1 N–H and O–H groups in total. The Morgan fingerprint density at radius 3 is 3.00 bits per heavy atom. The van der Waals surface area contributed by atoms with Crippen molar-refractivity contribution in [1.82, 2.24) is 0 Å². The Bertz CT molecular complexity index is 426. The van der Waals surface area contributed by atoms with Gasteiger partial charge in [-0.15, -0.1) is 0 Å². The first kappa shape index (κ1) is 12.1. The van der Waals surface area contributed by atoms with Crippen molar-refractivity contribution < 1.29 is 13.9 Å². The van der Waals surface area contributed by atoms with E-state index in [1.165, 1.54) is 19.2 Å². The van der Waals surface area contributed by atoms with Crippen LogP contribution in [0.5, 0.6) is 0 Å². The first-order valence-electron chi connectivity index (χ1n) is 4.66. The fourth-order valence-electron chi connectivity index (χ4n) is 1.13. The fraction of sp³-hybridized carbons (Fsp3) is 0.273. The number of nitrogens with one attached hydrogen (secondary N) is 1. The van der Waals surface area contributed by atoms with E-state index in [1.54, 1.807) is 0 Å². The summed E-state index contributed by atoms with van der Waals surface area (Å²) in [5.41, 5.74) is 0.413. The van der Waals surface area contributed by atoms with Gasteiger partial charge in [-0.2, -0.15) is 5.26 Å². The Hall–Kier alpha value is -1.93. The maximum atomic E-state index is 12.8. The number of rotatable bonds is 4. The molecular weight excluding hydrogens is 211 g/mol. The SMILES string of the molecule is COCCC(=O)Nc1ccc(F)cc1C#N. The van der Waals surface area contributed by atoms with Crippen LogP contribution in [0, 0.1) is 17.1 Å². The lowest BCUT2D eigenvalue weighted by atomic mass is 10.2. The first-order valence-corrected chi connectivity index (χ1v) is 4.66. The second-order valence-electron chi connectivity index (χ2n) is 3.09. The molecule has 1 amide bonds. The van der Waals surface area contributed by atoms with E-state index in [0.29, 0.717) is 12.3 Å². The van der Waals surface area contributed by atoms with Crippen LogP contribution in [-0.2, 0) is 9.53 Å². The number of nitrogens with zero attached hydrogens (tertiary/aromatic N) is 1. The number of benzene rings is 1. The van der Waals surface area contributed by atoms with Crippen molar-refractivity contribution in [3.8, 4) is 6.07 Å². The van der Waals surface area contributed by atoms with Crippen LogP contribution in [0.15, 0.2) is 18.2 Å². The molecule has 4 nitrogen and oxygen atoms in total. The van der Waals surface area contributed by atoms with Gasteiger partial charge in [0.25, 0.3) is 0 Å². The number of halogens is 1. The van der Waals surface area contributed by atoms with Crippen LogP contribution in [0.4, 0.5) is 10.1 Å². The number of hydrogen-bond acceptors (Lipinski definition) is 3. The van der Waals surface area contributed by atoms with E-state index >= 15 is 0 Å². The van der Waals surface area contributed by atoms with Gasteiger partial charge in [0.15, 0.2) is 0 Å². The lowest BCUT2D eigenvalue weighted by Gasteiger charge is -2.06. The predicted octanol–water partition coefficient (Wildman–Crippen LogP) is 1.67. The molecule has 0 saturated heterocycles. The third-order valence-electron chi connectivity index (χ3n) is 1.91. The number of ether oxygens (including phenoxy) is 1. The van der Waals surface area contributed by atoms with Crippen molar-refractivity contribution in [2.24, 2.45) is 0 Å². The molecule has 0 spiro atoms. The largest absolute Gasteiger partial charge is 0.384 e. The summed E-state index contributed by atoms with van der Waals surface area (Å²) >= 11 is 0. The van der Waals surface area contributed by atoms with Crippen LogP contribution in [-0.4, -0.2) is 19.6 Å². The lowest BCUT2D eigenvalue weighted by Crippen LogP contribution is -2.14. The highest BCUT2D eigenvalue weighted by atomic mass is 19.1. The standard InChI is InChI=1S/C11H11FN2O2/c1-16-5-4-11(15)14-10-3-2-9(12)6-8(10)7-13/h2-3,6H,4-5H2,1H3,(H,14,15). The molecule has 0 heterocycles. The maximum Gasteiger partial charge on any atom is 0.226 e. The van der Waals surface area contributed by atoms with Gasteiger partial charge in [0.2, 0.25) is 5.91 Å². The van der Waals surface area contributed by atoms with E-state index in [-0.39, 0.29) is 17.9 Å². The minimum Gasteiger partial charge on any atom is -0.384 e. The van der Waals surface area contributed by atoms with Gasteiger partial charge in [0, 0.05) is 7.11 Å². The average molecular weight is 222 g/mol. The molecule has 0 aliphatic heterocycles.